The average Bonchev–Trinajstić information content (AvgIpc) is 2.83. The van der Waals surface area contributed by atoms with Gasteiger partial charge < -0.3 is 19.4 Å². The third-order valence-electron chi connectivity index (χ3n) is 5.31. The third-order valence-corrected chi connectivity index (χ3v) is 5.31. The maximum absolute atomic E-state index is 12.9. The van der Waals surface area contributed by atoms with Gasteiger partial charge in [-0.3, -0.25) is 9.69 Å². The summed E-state index contributed by atoms with van der Waals surface area (Å²) in [6.45, 7) is 7.05. The van der Waals surface area contributed by atoms with Crippen molar-refractivity contribution in [3.05, 3.63) is 58.5 Å². The standard InChI is InChI=1S/C23H27N5O4/c1-2-32-22(30)19-16-28(17-7-4-3-5-8-17)21-18(20(19)29)15-25-23(26-21)24-9-6-10-27-11-13-31-14-12-27/h3-5,7-8,15-16H,2,6,9-14H2,1H3,(H,24,25,26). The van der Waals surface area contributed by atoms with E-state index in [9.17, 15) is 9.59 Å². The Balaban J connectivity index is 1.61. The van der Waals surface area contributed by atoms with Crippen molar-refractivity contribution in [2.45, 2.75) is 13.3 Å². The molecule has 0 bridgehead atoms. The monoisotopic (exact) mass is 437 g/mol. The summed E-state index contributed by atoms with van der Waals surface area (Å²) in [6, 6.07) is 9.44. The number of nitrogens with one attached hydrogen (secondary N) is 1. The molecule has 1 saturated heterocycles. The van der Waals surface area contributed by atoms with Crippen LogP contribution in [0.2, 0.25) is 0 Å². The second-order valence-electron chi connectivity index (χ2n) is 7.46. The fourth-order valence-corrected chi connectivity index (χ4v) is 3.66. The molecular weight excluding hydrogens is 410 g/mol. The van der Waals surface area contributed by atoms with Crippen molar-refractivity contribution in [3.63, 3.8) is 0 Å². The Morgan fingerprint density at radius 2 is 2.00 bits per heavy atom. The van der Waals surface area contributed by atoms with Gasteiger partial charge >= 0.3 is 5.97 Å². The van der Waals surface area contributed by atoms with Crippen molar-refractivity contribution < 1.29 is 14.3 Å². The number of hydrogen-bond acceptors (Lipinski definition) is 8. The number of hydrogen-bond donors (Lipinski definition) is 1. The number of aromatic nitrogens is 3. The Morgan fingerprint density at radius 3 is 2.75 bits per heavy atom. The predicted octanol–water partition coefficient (Wildman–Crippen LogP) is 2.09. The molecule has 1 aromatic carbocycles. The molecule has 1 N–H and O–H groups in total. The SMILES string of the molecule is CCOC(=O)c1cn(-c2ccccc2)c2nc(NCCCN3CCOCC3)ncc2c1=O. The van der Waals surface area contributed by atoms with Crippen LogP contribution in [0, 0.1) is 0 Å². The number of para-hydroxylation sites is 1. The van der Waals surface area contributed by atoms with Crippen LogP contribution in [0.4, 0.5) is 5.95 Å². The molecule has 1 fully saturated rings. The van der Waals surface area contributed by atoms with Gasteiger partial charge in [0.2, 0.25) is 11.4 Å². The summed E-state index contributed by atoms with van der Waals surface area (Å²) >= 11 is 0. The van der Waals surface area contributed by atoms with E-state index < -0.39 is 11.4 Å². The van der Waals surface area contributed by atoms with E-state index in [1.807, 2.05) is 30.3 Å². The van der Waals surface area contributed by atoms with E-state index in [1.54, 1.807) is 11.5 Å². The minimum atomic E-state index is -0.658. The minimum absolute atomic E-state index is 0.0435. The first-order valence-electron chi connectivity index (χ1n) is 10.9. The van der Waals surface area contributed by atoms with Crippen LogP contribution in [0.1, 0.15) is 23.7 Å². The van der Waals surface area contributed by atoms with E-state index in [0.29, 0.717) is 18.1 Å². The maximum atomic E-state index is 12.9. The van der Waals surface area contributed by atoms with Crippen LogP contribution in [0.5, 0.6) is 0 Å². The topological polar surface area (TPSA) is 98.6 Å². The molecule has 0 saturated carbocycles. The molecule has 0 spiro atoms. The van der Waals surface area contributed by atoms with E-state index in [4.69, 9.17) is 9.47 Å². The molecule has 0 atom stereocenters. The fraction of sp³-hybridized carbons (Fsp3) is 0.391. The minimum Gasteiger partial charge on any atom is -0.462 e. The zero-order valence-electron chi connectivity index (χ0n) is 18.1. The summed E-state index contributed by atoms with van der Waals surface area (Å²) < 4.78 is 12.2. The molecule has 0 radical (unpaired) electrons. The van der Waals surface area contributed by atoms with Crippen LogP contribution >= 0.6 is 0 Å². The Morgan fingerprint density at radius 1 is 1.22 bits per heavy atom. The zero-order valence-corrected chi connectivity index (χ0v) is 18.1. The normalized spacial score (nSPS) is 14.4. The Bertz CT molecular complexity index is 1130. The number of ether oxygens (including phenoxy) is 2. The lowest BCUT2D eigenvalue weighted by atomic mass is 10.2. The number of nitrogens with zero attached hydrogens (tertiary/aromatic N) is 4. The number of benzene rings is 1. The number of carbonyl (C=O) groups is 1. The van der Waals surface area contributed by atoms with E-state index in [1.165, 1.54) is 12.4 Å². The highest BCUT2D eigenvalue weighted by Gasteiger charge is 2.19. The number of morpholine rings is 1. The Hall–Kier alpha value is -3.30. The van der Waals surface area contributed by atoms with Gasteiger partial charge in [-0.05, 0) is 32.0 Å². The van der Waals surface area contributed by atoms with Crippen LogP contribution in [-0.2, 0) is 9.47 Å². The molecule has 3 heterocycles. The van der Waals surface area contributed by atoms with E-state index >= 15 is 0 Å². The number of anilines is 1. The van der Waals surface area contributed by atoms with Crippen LogP contribution in [0.15, 0.2) is 47.5 Å². The second-order valence-corrected chi connectivity index (χ2v) is 7.46. The zero-order chi connectivity index (χ0) is 22.3. The molecule has 0 unspecified atom stereocenters. The molecule has 1 aliphatic rings. The maximum Gasteiger partial charge on any atom is 0.343 e. The molecule has 0 amide bonds. The molecule has 2 aromatic heterocycles. The van der Waals surface area contributed by atoms with Gasteiger partial charge in [0.15, 0.2) is 5.65 Å². The number of rotatable bonds is 8. The lowest BCUT2D eigenvalue weighted by Crippen LogP contribution is -2.37. The lowest BCUT2D eigenvalue weighted by molar-refractivity contribution is 0.0378. The van der Waals surface area contributed by atoms with Crippen molar-refractivity contribution in [3.8, 4) is 5.69 Å². The average molecular weight is 438 g/mol. The molecule has 9 heteroatoms. The quantitative estimate of drug-likeness (QED) is 0.423. The van der Waals surface area contributed by atoms with Crippen molar-refractivity contribution in [1.82, 2.24) is 19.4 Å². The lowest BCUT2D eigenvalue weighted by Gasteiger charge is -2.26. The highest BCUT2D eigenvalue weighted by Crippen LogP contribution is 2.17. The summed E-state index contributed by atoms with van der Waals surface area (Å²) in [7, 11) is 0. The number of fused-ring (bicyclic) bond motifs is 1. The van der Waals surface area contributed by atoms with Crippen LogP contribution in [0.25, 0.3) is 16.7 Å². The van der Waals surface area contributed by atoms with E-state index in [2.05, 4.69) is 20.2 Å². The Kier molecular flexibility index (Phi) is 7.08. The van der Waals surface area contributed by atoms with Crippen LogP contribution in [0.3, 0.4) is 0 Å². The van der Waals surface area contributed by atoms with Crippen molar-refractivity contribution in [2.24, 2.45) is 0 Å². The second kappa shape index (κ2) is 10.3. The first-order chi connectivity index (χ1) is 15.7. The highest BCUT2D eigenvalue weighted by molar-refractivity contribution is 5.93. The smallest absolute Gasteiger partial charge is 0.343 e. The van der Waals surface area contributed by atoms with E-state index in [-0.39, 0.29) is 17.6 Å². The predicted molar refractivity (Wildman–Crippen MR) is 121 cm³/mol. The first kappa shape index (κ1) is 21.9. The summed E-state index contributed by atoms with van der Waals surface area (Å²) in [5, 5.41) is 3.51. The summed E-state index contributed by atoms with van der Waals surface area (Å²) in [5.74, 6) is -0.221. The molecule has 32 heavy (non-hydrogen) atoms. The molecule has 4 rings (SSSR count). The molecule has 1 aliphatic heterocycles. The van der Waals surface area contributed by atoms with Gasteiger partial charge in [-0.1, -0.05) is 18.2 Å². The van der Waals surface area contributed by atoms with Crippen molar-refractivity contribution in [1.29, 1.82) is 0 Å². The molecule has 3 aromatic rings. The fourth-order valence-electron chi connectivity index (χ4n) is 3.66. The number of pyridine rings is 1. The summed E-state index contributed by atoms with van der Waals surface area (Å²) in [5.41, 5.74) is 0.725. The van der Waals surface area contributed by atoms with Gasteiger partial charge in [0.05, 0.1) is 25.2 Å². The van der Waals surface area contributed by atoms with Gasteiger partial charge in [0.25, 0.3) is 0 Å². The van der Waals surface area contributed by atoms with Gasteiger partial charge in [-0.15, -0.1) is 0 Å². The molecule has 9 nitrogen and oxygen atoms in total. The largest absolute Gasteiger partial charge is 0.462 e. The highest BCUT2D eigenvalue weighted by atomic mass is 16.5. The van der Waals surface area contributed by atoms with Gasteiger partial charge in [0, 0.05) is 37.7 Å². The van der Waals surface area contributed by atoms with Crippen LogP contribution in [-0.4, -0.2) is 71.4 Å². The molecule has 0 aliphatic carbocycles. The third kappa shape index (κ3) is 4.95. The number of esters is 1. The van der Waals surface area contributed by atoms with Gasteiger partial charge in [-0.2, -0.15) is 4.98 Å². The molecular formula is C23H27N5O4. The van der Waals surface area contributed by atoms with Gasteiger partial charge in [0.1, 0.15) is 5.56 Å². The van der Waals surface area contributed by atoms with Gasteiger partial charge in [-0.25, -0.2) is 9.78 Å². The summed E-state index contributed by atoms with van der Waals surface area (Å²) in [4.78, 5) is 36.6. The first-order valence-corrected chi connectivity index (χ1v) is 10.9. The Labute approximate surface area is 186 Å². The van der Waals surface area contributed by atoms with Crippen molar-refractivity contribution >= 4 is 23.0 Å². The van der Waals surface area contributed by atoms with Crippen molar-refractivity contribution in [2.75, 3.05) is 51.3 Å². The number of carbonyl (C=O) groups excluding carboxylic acids is 1. The van der Waals surface area contributed by atoms with Crippen LogP contribution < -0.4 is 10.7 Å². The molecule has 168 valence electrons. The van der Waals surface area contributed by atoms with E-state index in [0.717, 1.165) is 45.0 Å². The summed E-state index contributed by atoms with van der Waals surface area (Å²) in [6.07, 6.45) is 3.90.